The predicted molar refractivity (Wildman–Crippen MR) is 66.8 cm³/mol. The largest absolute Gasteiger partial charge is 0.348 e. The Kier molecular flexibility index (Phi) is 4.15. The summed E-state index contributed by atoms with van der Waals surface area (Å²) < 4.78 is 11.0. The van der Waals surface area contributed by atoms with E-state index in [-0.39, 0.29) is 0 Å². The highest BCUT2D eigenvalue weighted by molar-refractivity contribution is 7.55. The van der Waals surface area contributed by atoms with Gasteiger partial charge in [0.05, 0.1) is 16.1 Å². The van der Waals surface area contributed by atoms with Crippen LogP contribution in [-0.4, -0.2) is 25.9 Å². The minimum absolute atomic E-state index is 1.07. The summed E-state index contributed by atoms with van der Waals surface area (Å²) in [6.45, 7) is 12.8. The fourth-order valence-corrected chi connectivity index (χ4v) is 15.1. The van der Waals surface area contributed by atoms with Gasteiger partial charge in [-0.05, 0) is 0 Å². The van der Waals surface area contributed by atoms with E-state index in [1.54, 1.807) is 0 Å². The molecule has 3 nitrogen and oxygen atoms in total. The lowest BCUT2D eigenvalue weighted by Gasteiger charge is -2.31. The highest BCUT2D eigenvalue weighted by Gasteiger charge is 2.32. The molecule has 0 unspecified atom stereocenters. The summed E-state index contributed by atoms with van der Waals surface area (Å²) in [6, 6.07) is 0. The average molecular weight is 252 g/mol. The molecule has 0 fully saturated rings. The smallest absolute Gasteiger partial charge is 0.321 e. The van der Waals surface area contributed by atoms with E-state index in [2.05, 4.69) is 39.3 Å². The quantitative estimate of drug-likeness (QED) is 0.600. The number of rotatable bonds is 3. The molecule has 6 heteroatoms. The van der Waals surface area contributed by atoms with Gasteiger partial charge < -0.3 is 9.79 Å². The van der Waals surface area contributed by atoms with Crippen LogP contribution in [0.5, 0.6) is 0 Å². The molecule has 0 radical (unpaired) electrons. The number of hydrogen-bond donors (Lipinski definition) is 2. The van der Waals surface area contributed by atoms with Crippen molar-refractivity contribution < 1.29 is 14.4 Å². The molecule has 0 heterocycles. The zero-order valence-corrected chi connectivity index (χ0v) is 12.7. The van der Waals surface area contributed by atoms with Crippen molar-refractivity contribution in [1.82, 2.24) is 0 Å². The van der Waals surface area contributed by atoms with E-state index in [9.17, 15) is 4.57 Å². The molecule has 0 bridgehead atoms. The molecule has 0 aromatic rings. The van der Waals surface area contributed by atoms with Gasteiger partial charge in [-0.15, -0.1) is 0 Å². The normalized spacial score (nSPS) is 14.0. The molecule has 0 saturated carbocycles. The first-order valence-electron chi connectivity index (χ1n) is 4.63. The molecular weight excluding hydrogens is 231 g/mol. The Morgan fingerprint density at radius 1 is 1.00 bits per heavy atom. The van der Waals surface area contributed by atoms with Crippen LogP contribution in [0.3, 0.4) is 0 Å². The van der Waals surface area contributed by atoms with Crippen LogP contribution in [-0.2, 0) is 4.57 Å². The molecule has 0 aromatic heterocycles. The van der Waals surface area contributed by atoms with Crippen LogP contribution < -0.4 is 0 Å². The molecular formula is C8H21O3PSi2. The Bertz CT molecular complexity index is 264. The standard InChI is InChI=1S/C8H21O3PSi2/c1-13(2,3)8(14(4,5)6)7-12(9,10)11/h7H,1-6H3,(H2,9,10,11). The Morgan fingerprint density at radius 3 is 1.36 bits per heavy atom. The average Bonchev–Trinajstić information content (AvgIpc) is 1.75. The third-order valence-electron chi connectivity index (χ3n) is 1.91. The van der Waals surface area contributed by atoms with Crippen LogP contribution in [0.15, 0.2) is 10.6 Å². The van der Waals surface area contributed by atoms with Crippen LogP contribution in [0.4, 0.5) is 0 Å². The SMILES string of the molecule is C[Si](C)(C)C(=CP(=O)(O)O)[Si](C)(C)C. The highest BCUT2D eigenvalue weighted by Crippen LogP contribution is 2.41. The number of hydrogen-bond acceptors (Lipinski definition) is 1. The molecule has 0 saturated heterocycles. The molecule has 14 heavy (non-hydrogen) atoms. The summed E-state index contributed by atoms with van der Waals surface area (Å²) in [4.78, 5) is 19.1. The molecule has 0 rings (SSSR count). The topological polar surface area (TPSA) is 57.5 Å². The maximum Gasteiger partial charge on any atom is 0.348 e. The molecule has 0 aliphatic carbocycles. The maximum absolute atomic E-state index is 11.0. The van der Waals surface area contributed by atoms with E-state index in [0.717, 1.165) is 4.82 Å². The summed E-state index contributed by atoms with van der Waals surface area (Å²) >= 11 is 0. The van der Waals surface area contributed by atoms with E-state index in [4.69, 9.17) is 9.79 Å². The van der Waals surface area contributed by atoms with Crippen molar-refractivity contribution in [2.45, 2.75) is 39.3 Å². The zero-order valence-electron chi connectivity index (χ0n) is 9.83. The summed E-state index contributed by atoms with van der Waals surface area (Å²) in [7, 11) is -7.21. The van der Waals surface area contributed by atoms with E-state index < -0.39 is 23.7 Å². The monoisotopic (exact) mass is 252 g/mol. The van der Waals surface area contributed by atoms with Gasteiger partial charge in [0.25, 0.3) is 0 Å². The van der Waals surface area contributed by atoms with Crippen molar-refractivity contribution in [1.29, 1.82) is 0 Å². The second kappa shape index (κ2) is 4.06. The second-order valence-corrected chi connectivity index (χ2v) is 17.6. The van der Waals surface area contributed by atoms with Crippen molar-refractivity contribution in [2.24, 2.45) is 0 Å². The molecule has 0 aliphatic heterocycles. The van der Waals surface area contributed by atoms with Crippen molar-refractivity contribution in [3.63, 3.8) is 0 Å². The van der Waals surface area contributed by atoms with Gasteiger partial charge in [0.15, 0.2) is 0 Å². The van der Waals surface area contributed by atoms with E-state index in [1.807, 2.05) is 0 Å². The van der Waals surface area contributed by atoms with E-state index >= 15 is 0 Å². The van der Waals surface area contributed by atoms with Crippen molar-refractivity contribution in [3.8, 4) is 0 Å². The van der Waals surface area contributed by atoms with Crippen molar-refractivity contribution in [3.05, 3.63) is 10.6 Å². The van der Waals surface area contributed by atoms with Crippen LogP contribution in [0.1, 0.15) is 0 Å². The van der Waals surface area contributed by atoms with Crippen molar-refractivity contribution >= 4 is 23.7 Å². The first-order valence-corrected chi connectivity index (χ1v) is 13.3. The van der Waals surface area contributed by atoms with Gasteiger partial charge >= 0.3 is 7.60 Å². The molecule has 0 aromatic carbocycles. The molecule has 0 amide bonds. The molecule has 0 spiro atoms. The maximum atomic E-state index is 11.0. The Morgan fingerprint density at radius 2 is 1.29 bits per heavy atom. The van der Waals surface area contributed by atoms with Gasteiger partial charge in [-0.1, -0.05) is 44.1 Å². The minimum Gasteiger partial charge on any atom is -0.321 e. The first kappa shape index (κ1) is 14.3. The lowest BCUT2D eigenvalue weighted by atomic mass is 11.2. The fraction of sp³-hybridized carbons (Fsp3) is 0.750. The third kappa shape index (κ3) is 5.27. The van der Waals surface area contributed by atoms with Crippen LogP contribution >= 0.6 is 7.60 Å². The van der Waals surface area contributed by atoms with Gasteiger partial charge in [-0.25, -0.2) is 0 Å². The molecule has 84 valence electrons. The lowest BCUT2D eigenvalue weighted by molar-refractivity contribution is 0.386. The summed E-state index contributed by atoms with van der Waals surface area (Å²) in [5, 5.41) is 0. The van der Waals surface area contributed by atoms with Gasteiger partial charge in [0.2, 0.25) is 0 Å². The van der Waals surface area contributed by atoms with Gasteiger partial charge in [-0.2, -0.15) is 0 Å². The predicted octanol–water partition coefficient (Wildman–Crippen LogP) is 2.80. The van der Waals surface area contributed by atoms with E-state index in [0.29, 0.717) is 0 Å². The Hall–Kier alpha value is 0.324. The minimum atomic E-state index is -4.01. The molecule has 0 aliphatic rings. The summed E-state index contributed by atoms with van der Waals surface area (Å²) in [5.41, 5.74) is 0. The van der Waals surface area contributed by atoms with Crippen LogP contribution in [0, 0.1) is 0 Å². The molecule has 0 atom stereocenters. The molecule has 2 N–H and O–H groups in total. The summed E-state index contributed by atoms with van der Waals surface area (Å²) in [6.07, 6.45) is 0. The first-order chi connectivity index (χ1) is 5.84. The van der Waals surface area contributed by atoms with Crippen LogP contribution in [0.25, 0.3) is 0 Å². The van der Waals surface area contributed by atoms with Crippen LogP contribution in [0.2, 0.25) is 39.3 Å². The lowest BCUT2D eigenvalue weighted by Crippen LogP contribution is -2.39. The van der Waals surface area contributed by atoms with Gasteiger partial charge in [-0.3, -0.25) is 4.57 Å². The van der Waals surface area contributed by atoms with Crippen molar-refractivity contribution in [2.75, 3.05) is 0 Å². The third-order valence-corrected chi connectivity index (χ3v) is 11.0. The second-order valence-electron chi connectivity index (χ2n) is 5.63. The highest BCUT2D eigenvalue weighted by atomic mass is 31.2. The van der Waals surface area contributed by atoms with E-state index in [1.165, 1.54) is 5.82 Å². The zero-order chi connectivity index (χ0) is 11.8. The van der Waals surface area contributed by atoms with Gasteiger partial charge in [0.1, 0.15) is 0 Å². The summed E-state index contributed by atoms with van der Waals surface area (Å²) in [5.74, 6) is 1.23. The fourth-order valence-electron chi connectivity index (χ4n) is 1.68. The van der Waals surface area contributed by atoms with Gasteiger partial charge in [0, 0.05) is 5.82 Å². The Labute approximate surface area is 88.4 Å². The Balaban J connectivity index is 5.37.